The van der Waals surface area contributed by atoms with E-state index in [0.29, 0.717) is 26.1 Å². The molecule has 1 unspecified atom stereocenters. The van der Waals surface area contributed by atoms with Crippen LogP contribution in [0, 0.1) is 0 Å². The molecule has 3 heterocycles. The van der Waals surface area contributed by atoms with E-state index in [1.54, 1.807) is 9.80 Å². The number of ether oxygens (including phenoxy) is 2. The van der Waals surface area contributed by atoms with Crippen LogP contribution in [-0.2, 0) is 9.53 Å². The fourth-order valence-electron chi connectivity index (χ4n) is 4.67. The fraction of sp³-hybridized carbons (Fsp3) is 0.440. The Bertz CT molecular complexity index is 1000. The fourth-order valence-corrected chi connectivity index (χ4v) is 4.67. The highest BCUT2D eigenvalue weighted by molar-refractivity contribution is 5.98. The summed E-state index contributed by atoms with van der Waals surface area (Å²) in [6.07, 6.45) is 0.724. The zero-order valence-corrected chi connectivity index (χ0v) is 19.0. The van der Waals surface area contributed by atoms with Gasteiger partial charge >= 0.3 is 6.09 Å². The minimum Gasteiger partial charge on any atom is -0.478 e. The number of carbonyl (C=O) groups is 2. The zero-order chi connectivity index (χ0) is 22.8. The second kappa shape index (κ2) is 9.31. The predicted molar refractivity (Wildman–Crippen MR) is 127 cm³/mol. The molecular formula is C25H30N4O4. The van der Waals surface area contributed by atoms with Crippen molar-refractivity contribution < 1.29 is 19.1 Å². The first-order valence-corrected chi connectivity index (χ1v) is 11.6. The Balaban J connectivity index is 1.29. The summed E-state index contributed by atoms with van der Waals surface area (Å²) in [7, 11) is 2.14. The summed E-state index contributed by atoms with van der Waals surface area (Å²) in [4.78, 5) is 33.2. The Hall–Kier alpha value is -3.26. The third-order valence-electron chi connectivity index (χ3n) is 6.60. The SMILES string of the molecule is CN1CCN(c2ccccc2OC2CCCN(c3ccc(N4CCOC4=O)cc3)C2=O)CC1. The minimum absolute atomic E-state index is 0.0252. The van der Waals surface area contributed by atoms with Crippen molar-refractivity contribution in [2.24, 2.45) is 0 Å². The van der Waals surface area contributed by atoms with Gasteiger partial charge in [0, 0.05) is 44.1 Å². The molecule has 0 saturated carbocycles. The number of para-hydroxylation sites is 2. The summed E-state index contributed by atoms with van der Waals surface area (Å²) in [6, 6.07) is 15.5. The van der Waals surface area contributed by atoms with E-state index >= 15 is 0 Å². The molecule has 8 heteroatoms. The first kappa shape index (κ1) is 21.6. The van der Waals surface area contributed by atoms with E-state index in [1.165, 1.54) is 0 Å². The quantitative estimate of drug-likeness (QED) is 0.698. The molecule has 3 aliphatic heterocycles. The Morgan fingerprint density at radius 2 is 1.55 bits per heavy atom. The third-order valence-corrected chi connectivity index (χ3v) is 6.60. The summed E-state index contributed by atoms with van der Waals surface area (Å²) in [5, 5.41) is 0. The van der Waals surface area contributed by atoms with Gasteiger partial charge in [-0.15, -0.1) is 0 Å². The molecule has 0 radical (unpaired) electrons. The molecular weight excluding hydrogens is 420 g/mol. The van der Waals surface area contributed by atoms with Gasteiger partial charge in [0.2, 0.25) is 0 Å². The first-order valence-electron chi connectivity index (χ1n) is 11.6. The first-order chi connectivity index (χ1) is 16.1. The lowest BCUT2D eigenvalue weighted by molar-refractivity contribution is -0.126. The van der Waals surface area contributed by atoms with Crippen LogP contribution in [0.5, 0.6) is 5.75 Å². The number of piperidine rings is 1. The summed E-state index contributed by atoms with van der Waals surface area (Å²) in [5.74, 6) is 0.743. The lowest BCUT2D eigenvalue weighted by Gasteiger charge is -2.36. The van der Waals surface area contributed by atoms with Gasteiger partial charge < -0.3 is 24.2 Å². The van der Waals surface area contributed by atoms with Crippen LogP contribution in [-0.4, -0.2) is 75.9 Å². The molecule has 1 atom stereocenters. The highest BCUT2D eigenvalue weighted by Crippen LogP contribution is 2.32. The molecule has 0 aliphatic carbocycles. The van der Waals surface area contributed by atoms with Gasteiger partial charge in [-0.2, -0.15) is 0 Å². The average molecular weight is 451 g/mol. The van der Waals surface area contributed by atoms with E-state index in [-0.39, 0.29) is 12.0 Å². The number of hydrogen-bond donors (Lipinski definition) is 0. The van der Waals surface area contributed by atoms with Gasteiger partial charge in [-0.3, -0.25) is 9.69 Å². The Morgan fingerprint density at radius 1 is 0.848 bits per heavy atom. The van der Waals surface area contributed by atoms with Crippen molar-refractivity contribution in [1.29, 1.82) is 0 Å². The molecule has 3 saturated heterocycles. The van der Waals surface area contributed by atoms with E-state index < -0.39 is 6.10 Å². The minimum atomic E-state index is -0.513. The second-order valence-corrected chi connectivity index (χ2v) is 8.78. The van der Waals surface area contributed by atoms with Crippen molar-refractivity contribution in [2.45, 2.75) is 18.9 Å². The van der Waals surface area contributed by atoms with E-state index in [4.69, 9.17) is 9.47 Å². The monoisotopic (exact) mass is 450 g/mol. The number of cyclic esters (lactones) is 1. The van der Waals surface area contributed by atoms with Gasteiger partial charge in [-0.1, -0.05) is 12.1 Å². The number of likely N-dealkylation sites (N-methyl/N-ethyl adjacent to an activating group) is 1. The largest absolute Gasteiger partial charge is 0.478 e. The van der Waals surface area contributed by atoms with Crippen LogP contribution < -0.4 is 19.4 Å². The predicted octanol–water partition coefficient (Wildman–Crippen LogP) is 2.97. The van der Waals surface area contributed by atoms with Crippen LogP contribution in [0.2, 0.25) is 0 Å². The summed E-state index contributed by atoms with van der Waals surface area (Å²) >= 11 is 0. The maximum Gasteiger partial charge on any atom is 0.414 e. The molecule has 2 aromatic carbocycles. The van der Waals surface area contributed by atoms with E-state index in [0.717, 1.165) is 55.4 Å². The molecule has 3 aliphatic rings. The maximum absolute atomic E-state index is 13.4. The van der Waals surface area contributed by atoms with Gasteiger partial charge in [0.15, 0.2) is 6.10 Å². The summed E-state index contributed by atoms with van der Waals surface area (Å²) < 4.78 is 11.3. The number of amides is 2. The van der Waals surface area contributed by atoms with Crippen LogP contribution in [0.3, 0.4) is 0 Å². The van der Waals surface area contributed by atoms with Crippen LogP contribution in [0.25, 0.3) is 0 Å². The van der Waals surface area contributed by atoms with Crippen molar-refractivity contribution in [3.8, 4) is 5.75 Å². The van der Waals surface area contributed by atoms with Gasteiger partial charge in [-0.05, 0) is 56.3 Å². The Morgan fingerprint density at radius 3 is 2.24 bits per heavy atom. The van der Waals surface area contributed by atoms with Crippen LogP contribution in [0.1, 0.15) is 12.8 Å². The summed E-state index contributed by atoms with van der Waals surface area (Å²) in [6.45, 7) is 5.51. The molecule has 0 spiro atoms. The van der Waals surface area contributed by atoms with E-state index in [1.807, 2.05) is 42.5 Å². The number of carbonyl (C=O) groups excluding carboxylic acids is 2. The molecule has 5 rings (SSSR count). The normalized spacial score (nSPS) is 22.0. The topological polar surface area (TPSA) is 65.6 Å². The van der Waals surface area contributed by atoms with Crippen molar-refractivity contribution in [3.63, 3.8) is 0 Å². The smallest absolute Gasteiger partial charge is 0.414 e. The number of piperazine rings is 1. The number of nitrogens with zero attached hydrogens (tertiary/aromatic N) is 4. The van der Waals surface area contributed by atoms with Gasteiger partial charge in [-0.25, -0.2) is 4.79 Å². The molecule has 33 heavy (non-hydrogen) atoms. The molecule has 0 bridgehead atoms. The standard InChI is InChI=1S/C25H30N4O4/c1-26-13-15-27(16-14-26)21-5-2-3-6-22(21)33-23-7-4-12-28(24(23)30)19-8-10-20(11-9-19)29-17-18-32-25(29)31/h2-3,5-6,8-11,23H,4,7,12-18H2,1H3. The Labute approximate surface area is 194 Å². The van der Waals surface area contributed by atoms with Gasteiger partial charge in [0.25, 0.3) is 5.91 Å². The van der Waals surface area contributed by atoms with Gasteiger partial charge in [0.1, 0.15) is 12.4 Å². The van der Waals surface area contributed by atoms with Crippen LogP contribution in [0.4, 0.5) is 21.9 Å². The highest BCUT2D eigenvalue weighted by Gasteiger charge is 2.32. The van der Waals surface area contributed by atoms with Crippen molar-refractivity contribution in [3.05, 3.63) is 48.5 Å². The lowest BCUT2D eigenvalue weighted by Crippen LogP contribution is -2.47. The van der Waals surface area contributed by atoms with Crippen molar-refractivity contribution >= 4 is 29.1 Å². The third kappa shape index (κ3) is 4.48. The lowest BCUT2D eigenvalue weighted by atomic mass is 10.1. The second-order valence-electron chi connectivity index (χ2n) is 8.78. The molecule has 2 aromatic rings. The van der Waals surface area contributed by atoms with Crippen LogP contribution in [0.15, 0.2) is 48.5 Å². The van der Waals surface area contributed by atoms with Crippen molar-refractivity contribution in [2.75, 3.05) is 67.6 Å². The van der Waals surface area contributed by atoms with Crippen molar-refractivity contribution in [1.82, 2.24) is 4.90 Å². The zero-order valence-electron chi connectivity index (χ0n) is 19.0. The molecule has 174 valence electrons. The summed E-state index contributed by atoms with van der Waals surface area (Å²) in [5.41, 5.74) is 2.65. The number of hydrogen-bond acceptors (Lipinski definition) is 6. The number of anilines is 3. The molecule has 8 nitrogen and oxygen atoms in total. The maximum atomic E-state index is 13.4. The van der Waals surface area contributed by atoms with E-state index in [9.17, 15) is 9.59 Å². The average Bonchev–Trinajstić information content (AvgIpc) is 3.27. The van der Waals surface area contributed by atoms with Crippen LogP contribution >= 0.6 is 0 Å². The number of benzene rings is 2. The molecule has 2 amide bonds. The van der Waals surface area contributed by atoms with E-state index in [2.05, 4.69) is 22.9 Å². The highest BCUT2D eigenvalue weighted by atomic mass is 16.6. The number of rotatable bonds is 5. The Kier molecular flexibility index (Phi) is 6.09. The molecule has 0 aromatic heterocycles. The van der Waals surface area contributed by atoms with Gasteiger partial charge in [0.05, 0.1) is 12.2 Å². The molecule has 3 fully saturated rings. The molecule has 0 N–H and O–H groups in total.